The van der Waals surface area contributed by atoms with Crippen LogP contribution in [0.25, 0.3) is 0 Å². The van der Waals surface area contributed by atoms with Gasteiger partial charge < -0.3 is 15.1 Å². The Bertz CT molecular complexity index is 11.6. The van der Waals surface area contributed by atoms with E-state index in [9.17, 15) is 0 Å². The van der Waals surface area contributed by atoms with E-state index in [1.54, 1.807) is 0 Å². The summed E-state index contributed by atoms with van der Waals surface area (Å²) in [5.41, 5.74) is 0. The number of rotatable bonds is 0. The van der Waals surface area contributed by atoms with Gasteiger partial charge in [-0.05, 0) is 0 Å². The zero-order valence-corrected chi connectivity index (χ0v) is 6.66. The van der Waals surface area contributed by atoms with Crippen LogP contribution in [0.3, 0.4) is 0 Å². The van der Waals surface area contributed by atoms with E-state index < -0.39 is 7.32 Å². The summed E-state index contributed by atoms with van der Waals surface area (Å²) in [7, 11) is -2.17. The van der Waals surface area contributed by atoms with Crippen LogP contribution in [-0.4, -0.2) is 22.4 Å². The van der Waals surface area contributed by atoms with Crippen molar-refractivity contribution in [2.75, 3.05) is 0 Å². The summed E-state index contributed by atoms with van der Waals surface area (Å²) in [5.74, 6) is 0. The average molecular weight is 174 g/mol. The second kappa shape index (κ2) is 4.87. The molecule has 0 aromatic heterocycles. The molecule has 0 saturated carbocycles. The molecule has 0 bridgehead atoms. The molecule has 3 N–H and O–H groups in total. The fourth-order valence-electron chi connectivity index (χ4n) is 0. The van der Waals surface area contributed by atoms with Crippen LogP contribution in [-0.2, 0) is 27.3 Å². The predicted octanol–water partition coefficient (Wildman–Crippen LogP) is -2.05. The van der Waals surface area contributed by atoms with Crippen LogP contribution in [0.15, 0.2) is 0 Å². The van der Waals surface area contributed by atoms with Gasteiger partial charge in [0.1, 0.15) is 0 Å². The molecule has 3 nitrogen and oxygen atoms in total. The smallest absolute Gasteiger partial charge is 0.402 e. The van der Waals surface area contributed by atoms with E-state index in [-0.39, 0.29) is 27.3 Å². The minimum Gasteiger partial charge on any atom is -0.402 e. The van der Waals surface area contributed by atoms with Gasteiger partial charge in [0, 0.05) is 0 Å². The summed E-state index contributed by atoms with van der Waals surface area (Å²) >= 11 is 0. The predicted molar refractivity (Wildman–Crippen MR) is 12.4 cm³/mol. The van der Waals surface area contributed by atoms with E-state index in [1.165, 1.54) is 0 Å². The van der Waals surface area contributed by atoms with Crippen molar-refractivity contribution < 1.29 is 42.4 Å². The molecule has 0 aliphatic rings. The van der Waals surface area contributed by atoms with Crippen molar-refractivity contribution in [3.8, 4) is 0 Å². The second-order valence-corrected chi connectivity index (χ2v) is 0.346. The second-order valence-electron chi connectivity index (χ2n) is 0.346. The van der Waals surface area contributed by atoms with Gasteiger partial charge >= 0.3 is 34.6 Å². The Labute approximate surface area is 50.0 Å². The van der Waals surface area contributed by atoms with E-state index in [0.717, 1.165) is 0 Å². The molecule has 0 unspecified atom stereocenters. The molecule has 0 aliphatic heterocycles. The van der Waals surface area contributed by atoms with Crippen LogP contribution >= 0.6 is 0 Å². The van der Waals surface area contributed by atoms with E-state index in [0.29, 0.717) is 0 Å². The first-order valence-electron chi connectivity index (χ1n) is 0.775. The normalized spacial score (nSPS) is 5.40. The Morgan fingerprint density at radius 2 is 1.00 bits per heavy atom. The molecule has 5 heavy (non-hydrogen) atoms. The first-order valence-corrected chi connectivity index (χ1v) is 0.775. The summed E-state index contributed by atoms with van der Waals surface area (Å²) in [6, 6.07) is 0. The van der Waals surface area contributed by atoms with Gasteiger partial charge in [0.05, 0.1) is 0 Å². The summed E-state index contributed by atoms with van der Waals surface area (Å²) in [6.07, 6.45) is 0. The SMILES string of the molecule is OB(O)O.[Cd+2]. The standard InChI is InChI=1S/BH3O3.Cd/c2-1(3)4;/h2-4H;/q;+2. The molecule has 0 atom stereocenters. The molecule has 24 valence electrons. The third-order valence-corrected chi connectivity index (χ3v) is 0. The number of hydrogen-bond donors (Lipinski definition) is 3. The number of hydrogen-bond acceptors (Lipinski definition) is 3. The Kier molecular flexibility index (Phi) is 9.05. The van der Waals surface area contributed by atoms with Crippen molar-refractivity contribution in [2.24, 2.45) is 0 Å². The van der Waals surface area contributed by atoms with Crippen LogP contribution in [0, 0.1) is 0 Å². The van der Waals surface area contributed by atoms with Crippen molar-refractivity contribution in [2.45, 2.75) is 0 Å². The largest absolute Gasteiger partial charge is 2.00 e. The molecule has 0 aliphatic carbocycles. The third kappa shape index (κ3) is 53.2. The van der Waals surface area contributed by atoms with Crippen LogP contribution in [0.5, 0.6) is 0 Å². The molecule has 0 aromatic rings. The van der Waals surface area contributed by atoms with Crippen LogP contribution in [0.2, 0.25) is 0 Å². The van der Waals surface area contributed by atoms with E-state index in [1.807, 2.05) is 0 Å². The topological polar surface area (TPSA) is 60.7 Å². The zero-order chi connectivity index (χ0) is 3.58. The molecule has 0 saturated heterocycles. The first kappa shape index (κ1) is 9.29. The van der Waals surface area contributed by atoms with Crippen LogP contribution < -0.4 is 0 Å². The zero-order valence-electron chi connectivity index (χ0n) is 2.63. The van der Waals surface area contributed by atoms with E-state index in [4.69, 9.17) is 15.1 Å². The summed E-state index contributed by atoms with van der Waals surface area (Å²) < 4.78 is 0. The molecule has 0 heterocycles. The minimum absolute atomic E-state index is 0. The summed E-state index contributed by atoms with van der Waals surface area (Å²) in [5, 5.41) is 21.5. The minimum atomic E-state index is -2.17. The molecule has 0 radical (unpaired) electrons. The molecular weight excluding hydrogens is 171 g/mol. The van der Waals surface area contributed by atoms with Gasteiger partial charge in [-0.3, -0.25) is 0 Å². The van der Waals surface area contributed by atoms with Gasteiger partial charge in [-0.2, -0.15) is 0 Å². The van der Waals surface area contributed by atoms with Crippen molar-refractivity contribution in [1.82, 2.24) is 0 Å². The van der Waals surface area contributed by atoms with Gasteiger partial charge in [-0.15, -0.1) is 0 Å². The molecule has 5 heteroatoms. The molecule has 0 amide bonds. The molecule has 0 aromatic carbocycles. The van der Waals surface area contributed by atoms with Crippen molar-refractivity contribution >= 4 is 7.32 Å². The van der Waals surface area contributed by atoms with Crippen LogP contribution in [0.1, 0.15) is 0 Å². The monoisotopic (exact) mass is 176 g/mol. The van der Waals surface area contributed by atoms with Gasteiger partial charge in [-0.1, -0.05) is 0 Å². The quantitative estimate of drug-likeness (QED) is 0.370. The Balaban J connectivity index is 0. The van der Waals surface area contributed by atoms with Gasteiger partial charge in [0.15, 0.2) is 0 Å². The summed E-state index contributed by atoms with van der Waals surface area (Å²) in [4.78, 5) is 0. The molecule has 0 spiro atoms. The molecule has 0 rings (SSSR count). The van der Waals surface area contributed by atoms with Crippen molar-refractivity contribution in [3.63, 3.8) is 0 Å². The maximum absolute atomic E-state index is 7.17. The average Bonchev–Trinajstić information content (AvgIpc) is 0.811. The Morgan fingerprint density at radius 1 is 1.00 bits per heavy atom. The Morgan fingerprint density at radius 3 is 1.00 bits per heavy atom. The molecular formula is H3BCdO3+2. The van der Waals surface area contributed by atoms with E-state index in [2.05, 4.69) is 0 Å². The fourth-order valence-corrected chi connectivity index (χ4v) is 0. The maximum atomic E-state index is 7.17. The van der Waals surface area contributed by atoms with Crippen LogP contribution in [0.4, 0.5) is 0 Å². The fraction of sp³-hybridized carbons (Fsp3) is 0. The van der Waals surface area contributed by atoms with Crippen molar-refractivity contribution in [1.29, 1.82) is 0 Å². The van der Waals surface area contributed by atoms with E-state index >= 15 is 0 Å². The van der Waals surface area contributed by atoms with Gasteiger partial charge in [0.25, 0.3) is 0 Å². The van der Waals surface area contributed by atoms with Gasteiger partial charge in [-0.25, -0.2) is 0 Å². The maximum Gasteiger partial charge on any atom is 2.00 e. The first-order chi connectivity index (χ1) is 1.73. The van der Waals surface area contributed by atoms with Crippen molar-refractivity contribution in [3.05, 3.63) is 0 Å². The molecule has 0 fully saturated rings. The third-order valence-electron chi connectivity index (χ3n) is 0. The van der Waals surface area contributed by atoms with Gasteiger partial charge in [0.2, 0.25) is 0 Å². The Hall–Kier alpha value is 0.867. The summed E-state index contributed by atoms with van der Waals surface area (Å²) in [6.45, 7) is 0.